The molecule has 1 aliphatic rings. The van der Waals surface area contributed by atoms with Crippen molar-refractivity contribution in [3.05, 3.63) is 26.4 Å². The molecule has 1 aliphatic carbocycles. The maximum Gasteiger partial charge on any atom is 0.255 e. The summed E-state index contributed by atoms with van der Waals surface area (Å²) in [5.41, 5.74) is 2.19. The molecule has 2 rings (SSSR count). The van der Waals surface area contributed by atoms with Gasteiger partial charge in [0.15, 0.2) is 4.77 Å². The van der Waals surface area contributed by atoms with E-state index in [2.05, 4.69) is 30.7 Å². The first-order chi connectivity index (χ1) is 7.38. The molecule has 0 aromatic carbocycles. The fraction of sp³-hybridized carbons (Fsp3) is 0.667. The zero-order valence-corrected chi connectivity index (χ0v) is 10.8. The number of nitrogens with one attached hydrogen (secondary N) is 2. The maximum atomic E-state index is 11.8. The lowest BCUT2D eigenvalue weighted by atomic mass is 9.72. The van der Waals surface area contributed by atoms with E-state index >= 15 is 0 Å². The molecule has 1 heterocycles. The van der Waals surface area contributed by atoms with Gasteiger partial charge in [-0.3, -0.25) is 9.78 Å². The van der Waals surface area contributed by atoms with Crippen molar-refractivity contribution in [1.29, 1.82) is 0 Å². The van der Waals surface area contributed by atoms with Crippen LogP contribution in [0.1, 0.15) is 38.4 Å². The molecule has 1 atom stereocenters. The van der Waals surface area contributed by atoms with Crippen molar-refractivity contribution in [2.24, 2.45) is 11.3 Å². The summed E-state index contributed by atoms with van der Waals surface area (Å²) in [6, 6.07) is 0. The Bertz CT molecular complexity index is 507. The summed E-state index contributed by atoms with van der Waals surface area (Å²) >= 11 is 4.98. The fourth-order valence-electron chi connectivity index (χ4n) is 2.39. The molecular weight excluding hydrogens is 220 g/mol. The number of aromatic amines is 2. The third-order valence-corrected chi connectivity index (χ3v) is 3.75. The number of rotatable bonds is 0. The molecule has 3 nitrogen and oxygen atoms in total. The molecule has 4 heteroatoms. The second-order valence-corrected chi connectivity index (χ2v) is 6.08. The predicted molar refractivity (Wildman–Crippen MR) is 67.2 cm³/mol. The average molecular weight is 238 g/mol. The van der Waals surface area contributed by atoms with E-state index < -0.39 is 0 Å². The summed E-state index contributed by atoms with van der Waals surface area (Å²) < 4.78 is 0.443. The first-order valence-electron chi connectivity index (χ1n) is 5.72. The van der Waals surface area contributed by atoms with Gasteiger partial charge >= 0.3 is 0 Å². The number of fused-ring (bicyclic) bond motifs is 1. The summed E-state index contributed by atoms with van der Waals surface area (Å²) in [7, 11) is 0. The molecule has 1 aromatic rings. The second-order valence-electron chi connectivity index (χ2n) is 5.67. The van der Waals surface area contributed by atoms with Crippen LogP contribution >= 0.6 is 12.2 Å². The molecule has 1 aromatic heterocycles. The van der Waals surface area contributed by atoms with Crippen molar-refractivity contribution >= 4 is 12.2 Å². The normalized spacial score (nSPS) is 20.6. The number of H-pyrrole nitrogens is 2. The van der Waals surface area contributed by atoms with Crippen LogP contribution in [0.25, 0.3) is 0 Å². The molecule has 0 bridgehead atoms. The van der Waals surface area contributed by atoms with Crippen molar-refractivity contribution in [2.75, 3.05) is 0 Å². The lowest BCUT2D eigenvalue weighted by molar-refractivity contribution is 0.214. The smallest absolute Gasteiger partial charge is 0.255 e. The number of aromatic nitrogens is 2. The molecular formula is C12H18N2OS. The lowest BCUT2D eigenvalue weighted by Gasteiger charge is -2.34. The van der Waals surface area contributed by atoms with Gasteiger partial charge in [0.25, 0.3) is 5.56 Å². The minimum Gasteiger partial charge on any atom is -0.336 e. The van der Waals surface area contributed by atoms with E-state index in [-0.39, 0.29) is 11.0 Å². The van der Waals surface area contributed by atoms with E-state index in [0.717, 1.165) is 30.5 Å². The van der Waals surface area contributed by atoms with Gasteiger partial charge < -0.3 is 4.98 Å². The summed E-state index contributed by atoms with van der Waals surface area (Å²) in [4.78, 5) is 17.6. The SMILES string of the molecule is CC(C)(C)C1CCc2[nH]c(=S)[nH]c(=O)c2C1. The fourth-order valence-corrected chi connectivity index (χ4v) is 2.61. The minimum absolute atomic E-state index is 0.00676. The highest BCUT2D eigenvalue weighted by atomic mass is 32.1. The van der Waals surface area contributed by atoms with Gasteiger partial charge in [-0.2, -0.15) is 0 Å². The van der Waals surface area contributed by atoms with Gasteiger partial charge in [0.1, 0.15) is 0 Å². The Morgan fingerprint density at radius 3 is 2.62 bits per heavy atom. The highest BCUT2D eigenvalue weighted by molar-refractivity contribution is 7.71. The van der Waals surface area contributed by atoms with Crippen LogP contribution in [0.2, 0.25) is 0 Å². The number of aryl methyl sites for hydroxylation is 1. The van der Waals surface area contributed by atoms with Crippen molar-refractivity contribution in [3.8, 4) is 0 Å². The summed E-state index contributed by atoms with van der Waals surface area (Å²) in [5.74, 6) is 0.575. The topological polar surface area (TPSA) is 48.6 Å². The van der Waals surface area contributed by atoms with Gasteiger partial charge in [0.05, 0.1) is 0 Å². The lowest BCUT2D eigenvalue weighted by Crippen LogP contribution is -2.31. The molecule has 0 aliphatic heterocycles. The zero-order valence-electron chi connectivity index (χ0n) is 10.0. The second kappa shape index (κ2) is 3.84. The van der Waals surface area contributed by atoms with Crippen molar-refractivity contribution in [3.63, 3.8) is 0 Å². The van der Waals surface area contributed by atoms with Gasteiger partial charge in [-0.15, -0.1) is 0 Å². The Balaban J connectivity index is 2.42. The zero-order chi connectivity index (χ0) is 11.9. The monoisotopic (exact) mass is 238 g/mol. The highest BCUT2D eigenvalue weighted by Gasteiger charge is 2.30. The van der Waals surface area contributed by atoms with Crippen LogP contribution in [0.4, 0.5) is 0 Å². The molecule has 1 unspecified atom stereocenters. The van der Waals surface area contributed by atoms with E-state index in [0.29, 0.717) is 10.7 Å². The predicted octanol–water partition coefficient (Wildman–Crippen LogP) is 2.58. The van der Waals surface area contributed by atoms with Gasteiger partial charge in [0, 0.05) is 11.3 Å². The Hall–Kier alpha value is -0.900. The molecule has 0 radical (unpaired) electrons. The van der Waals surface area contributed by atoms with Crippen LogP contribution in [-0.2, 0) is 12.8 Å². The van der Waals surface area contributed by atoms with Gasteiger partial charge in [-0.1, -0.05) is 20.8 Å². The minimum atomic E-state index is -0.00676. The van der Waals surface area contributed by atoms with Gasteiger partial charge in [0.2, 0.25) is 0 Å². The van der Waals surface area contributed by atoms with Crippen LogP contribution in [0.3, 0.4) is 0 Å². The van der Waals surface area contributed by atoms with Crippen molar-refractivity contribution in [1.82, 2.24) is 9.97 Å². The van der Waals surface area contributed by atoms with E-state index in [1.54, 1.807) is 0 Å². The first kappa shape index (κ1) is 11.6. The van der Waals surface area contributed by atoms with Gasteiger partial charge in [-0.05, 0) is 42.8 Å². The summed E-state index contributed by atoms with van der Waals surface area (Å²) in [6.07, 6.45) is 2.93. The molecule has 0 fully saturated rings. The molecule has 0 saturated carbocycles. The third-order valence-electron chi connectivity index (χ3n) is 3.55. The van der Waals surface area contributed by atoms with E-state index in [1.165, 1.54) is 0 Å². The van der Waals surface area contributed by atoms with Crippen molar-refractivity contribution in [2.45, 2.75) is 40.0 Å². The van der Waals surface area contributed by atoms with Crippen LogP contribution < -0.4 is 5.56 Å². The summed E-state index contributed by atoms with van der Waals surface area (Å²) in [6.45, 7) is 6.71. The molecule has 88 valence electrons. The maximum absolute atomic E-state index is 11.8. The molecule has 0 amide bonds. The van der Waals surface area contributed by atoms with Crippen LogP contribution in [0.15, 0.2) is 4.79 Å². The quantitative estimate of drug-likeness (QED) is 0.682. The largest absolute Gasteiger partial charge is 0.336 e. The average Bonchev–Trinajstić information content (AvgIpc) is 2.15. The number of hydrogen-bond acceptors (Lipinski definition) is 2. The standard InChI is InChI=1S/C12H18N2OS/c1-12(2,3)7-4-5-9-8(6-7)10(15)14-11(16)13-9/h7H,4-6H2,1-3H3,(H2,13,14,15,16). The van der Waals surface area contributed by atoms with Crippen LogP contribution in [0, 0.1) is 16.1 Å². The Morgan fingerprint density at radius 2 is 2.00 bits per heavy atom. The first-order valence-corrected chi connectivity index (χ1v) is 6.13. The summed E-state index contributed by atoms with van der Waals surface area (Å²) in [5, 5.41) is 0. The van der Waals surface area contributed by atoms with Crippen LogP contribution in [-0.4, -0.2) is 9.97 Å². The van der Waals surface area contributed by atoms with Crippen LogP contribution in [0.5, 0.6) is 0 Å². The van der Waals surface area contributed by atoms with Gasteiger partial charge in [-0.25, -0.2) is 0 Å². The molecule has 16 heavy (non-hydrogen) atoms. The van der Waals surface area contributed by atoms with E-state index in [9.17, 15) is 4.79 Å². The number of hydrogen-bond donors (Lipinski definition) is 2. The Labute approximate surface area is 100 Å². The molecule has 2 N–H and O–H groups in total. The highest BCUT2D eigenvalue weighted by Crippen LogP contribution is 2.35. The Kier molecular flexibility index (Phi) is 2.78. The molecule has 0 saturated heterocycles. The van der Waals surface area contributed by atoms with Crippen molar-refractivity contribution < 1.29 is 0 Å². The molecule has 0 spiro atoms. The Morgan fingerprint density at radius 1 is 1.31 bits per heavy atom. The third kappa shape index (κ3) is 2.12. The van der Waals surface area contributed by atoms with E-state index in [4.69, 9.17) is 12.2 Å². The van der Waals surface area contributed by atoms with E-state index in [1.807, 2.05) is 0 Å².